The van der Waals surface area contributed by atoms with Crippen LogP contribution in [0.2, 0.25) is 5.02 Å². The molecule has 0 radical (unpaired) electrons. The van der Waals surface area contributed by atoms with Crippen LogP contribution in [0.15, 0.2) is 36.4 Å². The maximum absolute atomic E-state index is 9.81. The molecule has 0 atom stereocenters. The van der Waals surface area contributed by atoms with Gasteiger partial charge in [-0.1, -0.05) is 40.9 Å². The van der Waals surface area contributed by atoms with Crippen molar-refractivity contribution in [2.24, 2.45) is 0 Å². The van der Waals surface area contributed by atoms with Crippen molar-refractivity contribution in [3.05, 3.63) is 52.5 Å². The molecule has 0 aliphatic carbocycles. The zero-order valence-corrected chi connectivity index (χ0v) is 10.0. The van der Waals surface area contributed by atoms with Gasteiger partial charge in [0.15, 0.2) is 0 Å². The Balaban J connectivity index is 2.62. The molecule has 0 spiro atoms. The van der Waals surface area contributed by atoms with Gasteiger partial charge in [0, 0.05) is 10.6 Å². The Morgan fingerprint density at radius 1 is 0.938 bits per heavy atom. The number of hydrogen-bond donors (Lipinski definition) is 1. The van der Waals surface area contributed by atoms with Gasteiger partial charge in [-0.05, 0) is 37.6 Å². The first-order chi connectivity index (χ1) is 7.56. The Kier molecular flexibility index (Phi) is 2.88. The van der Waals surface area contributed by atoms with Gasteiger partial charge in [0.25, 0.3) is 0 Å². The fourth-order valence-corrected chi connectivity index (χ4v) is 2.04. The highest BCUT2D eigenvalue weighted by Crippen LogP contribution is 2.32. The second kappa shape index (κ2) is 4.18. The number of benzene rings is 2. The lowest BCUT2D eigenvalue weighted by Gasteiger charge is -2.07. The summed E-state index contributed by atoms with van der Waals surface area (Å²) in [5, 5.41) is 10.4. The quantitative estimate of drug-likeness (QED) is 0.776. The number of hydrogen-bond acceptors (Lipinski definition) is 1. The van der Waals surface area contributed by atoms with Crippen molar-refractivity contribution in [1.82, 2.24) is 0 Å². The van der Waals surface area contributed by atoms with Gasteiger partial charge in [0.05, 0.1) is 0 Å². The van der Waals surface area contributed by atoms with E-state index in [1.54, 1.807) is 18.2 Å². The normalized spacial score (nSPS) is 10.4. The lowest BCUT2D eigenvalue weighted by Crippen LogP contribution is -1.83. The second-order valence-electron chi connectivity index (χ2n) is 4.04. The van der Waals surface area contributed by atoms with Crippen molar-refractivity contribution < 1.29 is 5.11 Å². The number of aromatic hydroxyl groups is 1. The standard InChI is InChI=1S/C14H13ClO/c1-9-5-10(2)7-11(6-9)13-8-12(15)3-4-14(13)16/h3-8,16H,1-2H3. The molecule has 2 heteroatoms. The number of halogens is 1. The van der Waals surface area contributed by atoms with Crippen LogP contribution in [0.5, 0.6) is 5.75 Å². The van der Waals surface area contributed by atoms with Crippen LogP contribution in [0.25, 0.3) is 11.1 Å². The topological polar surface area (TPSA) is 20.2 Å². The number of rotatable bonds is 1. The van der Waals surface area contributed by atoms with Gasteiger partial charge < -0.3 is 5.11 Å². The molecule has 16 heavy (non-hydrogen) atoms. The molecule has 0 fully saturated rings. The first-order valence-electron chi connectivity index (χ1n) is 5.13. The van der Waals surface area contributed by atoms with Crippen LogP contribution in [-0.4, -0.2) is 5.11 Å². The van der Waals surface area contributed by atoms with E-state index in [-0.39, 0.29) is 5.75 Å². The smallest absolute Gasteiger partial charge is 0.123 e. The predicted octanol–water partition coefficient (Wildman–Crippen LogP) is 4.33. The van der Waals surface area contributed by atoms with Crippen molar-refractivity contribution in [1.29, 1.82) is 0 Å². The lowest BCUT2D eigenvalue weighted by atomic mass is 10.00. The van der Waals surface area contributed by atoms with E-state index in [0.717, 1.165) is 11.1 Å². The van der Waals surface area contributed by atoms with E-state index in [1.807, 2.05) is 26.0 Å². The van der Waals surface area contributed by atoms with Crippen molar-refractivity contribution in [2.75, 3.05) is 0 Å². The molecule has 0 aliphatic rings. The zero-order valence-electron chi connectivity index (χ0n) is 9.29. The highest BCUT2D eigenvalue weighted by Gasteiger charge is 2.05. The van der Waals surface area contributed by atoms with E-state index in [4.69, 9.17) is 11.6 Å². The van der Waals surface area contributed by atoms with Crippen LogP contribution < -0.4 is 0 Å². The maximum atomic E-state index is 9.81. The summed E-state index contributed by atoms with van der Waals surface area (Å²) < 4.78 is 0. The van der Waals surface area contributed by atoms with Crippen molar-refractivity contribution >= 4 is 11.6 Å². The van der Waals surface area contributed by atoms with Crippen LogP contribution in [0.1, 0.15) is 11.1 Å². The first-order valence-corrected chi connectivity index (χ1v) is 5.51. The highest BCUT2D eigenvalue weighted by atomic mass is 35.5. The lowest BCUT2D eigenvalue weighted by molar-refractivity contribution is 0.477. The molecule has 2 aromatic rings. The molecule has 0 aromatic heterocycles. The minimum Gasteiger partial charge on any atom is -0.507 e. The molecule has 82 valence electrons. The van der Waals surface area contributed by atoms with Crippen LogP contribution in [0, 0.1) is 13.8 Å². The SMILES string of the molecule is Cc1cc(C)cc(-c2cc(Cl)ccc2O)c1. The molecule has 0 saturated heterocycles. The van der Waals surface area contributed by atoms with Gasteiger partial charge >= 0.3 is 0 Å². The average Bonchev–Trinajstić information content (AvgIpc) is 2.20. The summed E-state index contributed by atoms with van der Waals surface area (Å²) in [6, 6.07) is 11.3. The van der Waals surface area contributed by atoms with Gasteiger partial charge in [-0.15, -0.1) is 0 Å². The number of phenols is 1. The molecule has 0 amide bonds. The molecule has 0 unspecified atom stereocenters. The molecule has 0 heterocycles. The van der Waals surface area contributed by atoms with Gasteiger partial charge in [-0.2, -0.15) is 0 Å². The molecule has 2 aromatic carbocycles. The Morgan fingerprint density at radius 3 is 2.19 bits per heavy atom. The number of phenolic OH excluding ortho intramolecular Hbond substituents is 1. The van der Waals surface area contributed by atoms with E-state index in [1.165, 1.54) is 11.1 Å². The average molecular weight is 233 g/mol. The molecule has 0 aliphatic heterocycles. The van der Waals surface area contributed by atoms with Crippen LogP contribution in [0.4, 0.5) is 0 Å². The van der Waals surface area contributed by atoms with Crippen LogP contribution in [0.3, 0.4) is 0 Å². The summed E-state index contributed by atoms with van der Waals surface area (Å²) in [6.07, 6.45) is 0. The van der Waals surface area contributed by atoms with Crippen LogP contribution in [-0.2, 0) is 0 Å². The van der Waals surface area contributed by atoms with E-state index in [2.05, 4.69) is 6.07 Å². The summed E-state index contributed by atoms with van der Waals surface area (Å²) in [6.45, 7) is 4.08. The monoisotopic (exact) mass is 232 g/mol. The van der Waals surface area contributed by atoms with Gasteiger partial charge in [-0.3, -0.25) is 0 Å². The third kappa shape index (κ3) is 2.20. The largest absolute Gasteiger partial charge is 0.507 e. The van der Waals surface area contributed by atoms with Gasteiger partial charge in [0.2, 0.25) is 0 Å². The molecular formula is C14H13ClO. The van der Waals surface area contributed by atoms with Gasteiger partial charge in [0.1, 0.15) is 5.75 Å². The van der Waals surface area contributed by atoms with Crippen molar-refractivity contribution in [3.63, 3.8) is 0 Å². The second-order valence-corrected chi connectivity index (χ2v) is 4.47. The van der Waals surface area contributed by atoms with E-state index in [0.29, 0.717) is 5.02 Å². The summed E-state index contributed by atoms with van der Waals surface area (Å²) in [5.74, 6) is 0.259. The first kappa shape index (κ1) is 11.0. The Hall–Kier alpha value is -1.47. The Labute approximate surface area is 100 Å². The van der Waals surface area contributed by atoms with Crippen molar-refractivity contribution in [2.45, 2.75) is 13.8 Å². The highest BCUT2D eigenvalue weighted by molar-refractivity contribution is 6.31. The Morgan fingerprint density at radius 2 is 1.56 bits per heavy atom. The predicted molar refractivity (Wildman–Crippen MR) is 68.0 cm³/mol. The molecule has 2 rings (SSSR count). The third-order valence-electron chi connectivity index (χ3n) is 2.49. The van der Waals surface area contributed by atoms with E-state index in [9.17, 15) is 5.11 Å². The van der Waals surface area contributed by atoms with Crippen molar-refractivity contribution in [3.8, 4) is 16.9 Å². The minimum atomic E-state index is 0.259. The zero-order chi connectivity index (χ0) is 11.7. The minimum absolute atomic E-state index is 0.259. The molecule has 1 N–H and O–H groups in total. The van der Waals surface area contributed by atoms with Crippen LogP contribution >= 0.6 is 11.6 Å². The molecule has 0 bridgehead atoms. The fourth-order valence-electron chi connectivity index (χ4n) is 1.87. The molecule has 0 saturated carbocycles. The molecular weight excluding hydrogens is 220 g/mol. The van der Waals surface area contributed by atoms with E-state index >= 15 is 0 Å². The van der Waals surface area contributed by atoms with Gasteiger partial charge in [-0.25, -0.2) is 0 Å². The summed E-state index contributed by atoms with van der Waals surface area (Å²) in [7, 11) is 0. The molecule has 1 nitrogen and oxygen atoms in total. The third-order valence-corrected chi connectivity index (χ3v) is 2.73. The summed E-state index contributed by atoms with van der Waals surface area (Å²) >= 11 is 5.94. The fraction of sp³-hybridized carbons (Fsp3) is 0.143. The van der Waals surface area contributed by atoms with E-state index < -0.39 is 0 Å². The maximum Gasteiger partial charge on any atom is 0.123 e. The Bertz CT molecular complexity index is 512. The summed E-state index contributed by atoms with van der Waals surface area (Å²) in [4.78, 5) is 0. The number of aryl methyl sites for hydroxylation is 2. The summed E-state index contributed by atoms with van der Waals surface area (Å²) in [5.41, 5.74) is 4.13.